The van der Waals surface area contributed by atoms with Gasteiger partial charge in [0.15, 0.2) is 5.78 Å². The minimum atomic E-state index is -0.218. The SMILES string of the molecule is CC(=O)c1c[nH]c(C(=O)NCc2ccc(CN3CCOCC3)cc2)c1. The van der Waals surface area contributed by atoms with E-state index in [-0.39, 0.29) is 11.7 Å². The molecule has 1 amide bonds. The number of aromatic amines is 1. The van der Waals surface area contributed by atoms with E-state index in [2.05, 4.69) is 27.3 Å². The highest BCUT2D eigenvalue weighted by molar-refractivity contribution is 5.99. The third-order valence-electron chi connectivity index (χ3n) is 4.32. The predicted molar refractivity (Wildman–Crippen MR) is 94.5 cm³/mol. The molecule has 0 spiro atoms. The summed E-state index contributed by atoms with van der Waals surface area (Å²) in [6, 6.07) is 9.83. The third-order valence-corrected chi connectivity index (χ3v) is 4.32. The summed E-state index contributed by atoms with van der Waals surface area (Å²) in [5.74, 6) is -0.281. The number of H-pyrrole nitrogens is 1. The molecule has 2 heterocycles. The molecule has 25 heavy (non-hydrogen) atoms. The number of benzene rings is 1. The van der Waals surface area contributed by atoms with Crippen molar-refractivity contribution >= 4 is 11.7 Å². The van der Waals surface area contributed by atoms with Crippen molar-refractivity contribution in [3.63, 3.8) is 0 Å². The first-order valence-electron chi connectivity index (χ1n) is 8.47. The van der Waals surface area contributed by atoms with E-state index < -0.39 is 0 Å². The second-order valence-corrected chi connectivity index (χ2v) is 6.25. The maximum absolute atomic E-state index is 12.1. The smallest absolute Gasteiger partial charge is 0.267 e. The van der Waals surface area contributed by atoms with Crippen LogP contribution in [-0.4, -0.2) is 47.9 Å². The van der Waals surface area contributed by atoms with Crippen LogP contribution < -0.4 is 5.32 Å². The van der Waals surface area contributed by atoms with Crippen LogP contribution in [0.5, 0.6) is 0 Å². The van der Waals surface area contributed by atoms with E-state index in [4.69, 9.17) is 4.74 Å². The fraction of sp³-hybridized carbons (Fsp3) is 0.368. The van der Waals surface area contributed by atoms with Crippen LogP contribution in [-0.2, 0) is 17.8 Å². The second-order valence-electron chi connectivity index (χ2n) is 6.25. The van der Waals surface area contributed by atoms with Gasteiger partial charge in [0, 0.05) is 37.9 Å². The van der Waals surface area contributed by atoms with E-state index >= 15 is 0 Å². The van der Waals surface area contributed by atoms with Gasteiger partial charge in [-0.1, -0.05) is 24.3 Å². The number of ketones is 1. The Kier molecular flexibility index (Phi) is 5.63. The van der Waals surface area contributed by atoms with Crippen LogP contribution >= 0.6 is 0 Å². The molecule has 132 valence electrons. The van der Waals surface area contributed by atoms with E-state index in [1.807, 2.05) is 12.1 Å². The summed E-state index contributed by atoms with van der Waals surface area (Å²) in [5, 5.41) is 2.86. The average Bonchev–Trinajstić information content (AvgIpc) is 3.12. The van der Waals surface area contributed by atoms with E-state index in [0.717, 1.165) is 38.4 Å². The van der Waals surface area contributed by atoms with E-state index in [9.17, 15) is 9.59 Å². The Balaban J connectivity index is 1.50. The first-order chi connectivity index (χ1) is 12.1. The number of Topliss-reactive ketones (excluding diaryl/α,β-unsaturated/α-hetero) is 1. The Bertz CT molecular complexity index is 731. The van der Waals surface area contributed by atoms with Crippen LogP contribution in [0.3, 0.4) is 0 Å². The zero-order valence-corrected chi connectivity index (χ0v) is 14.4. The van der Waals surface area contributed by atoms with Gasteiger partial charge in [0.2, 0.25) is 0 Å². The molecule has 1 aliphatic rings. The van der Waals surface area contributed by atoms with Crippen LogP contribution in [0.15, 0.2) is 36.5 Å². The molecule has 6 nitrogen and oxygen atoms in total. The highest BCUT2D eigenvalue weighted by Crippen LogP contribution is 2.10. The molecule has 0 aliphatic carbocycles. The number of nitrogens with one attached hydrogen (secondary N) is 2. The number of aromatic nitrogens is 1. The minimum absolute atomic E-state index is 0.0637. The highest BCUT2D eigenvalue weighted by Gasteiger charge is 2.12. The lowest BCUT2D eigenvalue weighted by molar-refractivity contribution is 0.0342. The number of nitrogens with zero attached hydrogens (tertiary/aromatic N) is 1. The van der Waals surface area contributed by atoms with Gasteiger partial charge in [0.1, 0.15) is 5.69 Å². The fourth-order valence-electron chi connectivity index (χ4n) is 2.79. The number of morpholine rings is 1. The Labute approximate surface area is 147 Å². The van der Waals surface area contributed by atoms with Crippen LogP contribution in [0, 0.1) is 0 Å². The molecule has 0 bridgehead atoms. The topological polar surface area (TPSA) is 74.4 Å². The number of carbonyl (C=O) groups is 2. The number of hydrogen-bond donors (Lipinski definition) is 2. The van der Waals surface area contributed by atoms with Gasteiger partial charge >= 0.3 is 0 Å². The molecule has 3 rings (SSSR count). The molecule has 0 radical (unpaired) electrons. The summed E-state index contributed by atoms with van der Waals surface area (Å²) in [4.78, 5) is 28.6. The summed E-state index contributed by atoms with van der Waals surface area (Å²) in [7, 11) is 0. The minimum Gasteiger partial charge on any atom is -0.379 e. The monoisotopic (exact) mass is 341 g/mol. The summed E-state index contributed by atoms with van der Waals surface area (Å²) in [6.07, 6.45) is 1.55. The summed E-state index contributed by atoms with van der Waals surface area (Å²) >= 11 is 0. The zero-order valence-electron chi connectivity index (χ0n) is 14.4. The number of carbonyl (C=O) groups excluding carboxylic acids is 2. The largest absolute Gasteiger partial charge is 0.379 e. The van der Waals surface area contributed by atoms with Gasteiger partial charge in [0.25, 0.3) is 5.91 Å². The molecular weight excluding hydrogens is 318 g/mol. The Morgan fingerprint density at radius 1 is 1.16 bits per heavy atom. The first-order valence-corrected chi connectivity index (χ1v) is 8.47. The van der Waals surface area contributed by atoms with Gasteiger partial charge < -0.3 is 15.0 Å². The lowest BCUT2D eigenvalue weighted by atomic mass is 10.1. The number of amides is 1. The molecule has 0 unspecified atom stereocenters. The normalized spacial score (nSPS) is 15.1. The van der Waals surface area contributed by atoms with Gasteiger partial charge in [-0.05, 0) is 24.1 Å². The molecule has 6 heteroatoms. The van der Waals surface area contributed by atoms with Crippen molar-refractivity contribution in [3.8, 4) is 0 Å². The third kappa shape index (κ3) is 4.78. The summed E-state index contributed by atoms with van der Waals surface area (Å²) < 4.78 is 5.36. The second kappa shape index (κ2) is 8.09. The molecule has 1 aromatic carbocycles. The van der Waals surface area contributed by atoms with Crippen molar-refractivity contribution in [2.45, 2.75) is 20.0 Å². The Hall–Kier alpha value is -2.44. The lowest BCUT2D eigenvalue weighted by Gasteiger charge is -2.26. The van der Waals surface area contributed by atoms with Gasteiger partial charge in [0.05, 0.1) is 13.2 Å². The van der Waals surface area contributed by atoms with Crippen LogP contribution in [0.1, 0.15) is 38.9 Å². The van der Waals surface area contributed by atoms with E-state index in [0.29, 0.717) is 17.8 Å². The summed E-state index contributed by atoms with van der Waals surface area (Å²) in [6.45, 7) is 6.38. The molecule has 1 saturated heterocycles. The maximum Gasteiger partial charge on any atom is 0.267 e. The zero-order chi connectivity index (χ0) is 17.6. The van der Waals surface area contributed by atoms with Gasteiger partial charge in [-0.2, -0.15) is 0 Å². The van der Waals surface area contributed by atoms with Crippen molar-refractivity contribution in [1.82, 2.24) is 15.2 Å². The first kappa shape index (κ1) is 17.4. The van der Waals surface area contributed by atoms with Crippen LogP contribution in [0.25, 0.3) is 0 Å². The van der Waals surface area contributed by atoms with Crippen molar-refractivity contribution in [2.24, 2.45) is 0 Å². The number of hydrogen-bond acceptors (Lipinski definition) is 4. The molecule has 1 aliphatic heterocycles. The Morgan fingerprint density at radius 2 is 1.84 bits per heavy atom. The molecule has 0 saturated carbocycles. The van der Waals surface area contributed by atoms with Crippen molar-refractivity contribution in [1.29, 1.82) is 0 Å². The van der Waals surface area contributed by atoms with Crippen molar-refractivity contribution in [2.75, 3.05) is 26.3 Å². The molecule has 1 fully saturated rings. The fourth-order valence-corrected chi connectivity index (χ4v) is 2.79. The van der Waals surface area contributed by atoms with E-state index in [1.54, 1.807) is 12.3 Å². The van der Waals surface area contributed by atoms with Crippen LogP contribution in [0.2, 0.25) is 0 Å². The lowest BCUT2D eigenvalue weighted by Crippen LogP contribution is -2.35. The van der Waals surface area contributed by atoms with Crippen molar-refractivity contribution in [3.05, 3.63) is 58.9 Å². The average molecular weight is 341 g/mol. The molecule has 2 N–H and O–H groups in total. The quantitative estimate of drug-likeness (QED) is 0.788. The van der Waals surface area contributed by atoms with Crippen LogP contribution in [0.4, 0.5) is 0 Å². The maximum atomic E-state index is 12.1. The van der Waals surface area contributed by atoms with Gasteiger partial charge in [-0.25, -0.2) is 0 Å². The number of ether oxygens (including phenoxy) is 1. The summed E-state index contributed by atoms with van der Waals surface area (Å²) in [5.41, 5.74) is 3.21. The van der Waals surface area contributed by atoms with Gasteiger partial charge in [-0.15, -0.1) is 0 Å². The van der Waals surface area contributed by atoms with Gasteiger partial charge in [-0.3, -0.25) is 14.5 Å². The highest BCUT2D eigenvalue weighted by atomic mass is 16.5. The number of rotatable bonds is 6. The molecule has 2 aromatic rings. The van der Waals surface area contributed by atoms with Crippen molar-refractivity contribution < 1.29 is 14.3 Å². The predicted octanol–water partition coefficient (Wildman–Crippen LogP) is 1.98. The van der Waals surface area contributed by atoms with E-state index in [1.165, 1.54) is 12.5 Å². The molecular formula is C19H23N3O3. The Morgan fingerprint density at radius 3 is 2.48 bits per heavy atom. The standard InChI is InChI=1S/C19H23N3O3/c1-14(23)17-10-18(20-12-17)19(24)21-11-15-2-4-16(5-3-15)13-22-6-8-25-9-7-22/h2-5,10,12,20H,6-9,11,13H2,1H3,(H,21,24). The molecule has 1 aromatic heterocycles. The molecule has 0 atom stereocenters.